The summed E-state index contributed by atoms with van der Waals surface area (Å²) in [5.74, 6) is -0.118. The van der Waals surface area contributed by atoms with Crippen molar-refractivity contribution in [3.8, 4) is 0 Å². The van der Waals surface area contributed by atoms with E-state index in [9.17, 15) is 14.7 Å². The molecule has 3 aliphatic rings. The Morgan fingerprint density at radius 2 is 1.87 bits per heavy atom. The van der Waals surface area contributed by atoms with Gasteiger partial charge < -0.3 is 9.67 Å². The van der Waals surface area contributed by atoms with Crippen molar-refractivity contribution in [2.24, 2.45) is 0 Å². The summed E-state index contributed by atoms with van der Waals surface area (Å²) in [6, 6.07) is 3.91. The number of rotatable bonds is 2. The molecule has 1 N–H and O–H groups in total. The third-order valence-electron chi connectivity index (χ3n) is 6.03. The quantitative estimate of drug-likeness (QED) is 0.839. The van der Waals surface area contributed by atoms with Crippen LogP contribution in [-0.4, -0.2) is 21.2 Å². The molecule has 2 saturated carbocycles. The second-order valence-corrected chi connectivity index (χ2v) is 7.31. The summed E-state index contributed by atoms with van der Waals surface area (Å²) >= 11 is 0. The number of aromatic nitrogens is 1. The number of aliphatic hydroxyl groups is 1. The van der Waals surface area contributed by atoms with Crippen LogP contribution in [0.15, 0.2) is 23.5 Å². The lowest BCUT2D eigenvalue weighted by atomic mass is 9.74. The monoisotopic (exact) mass is 313 g/mol. The number of fused-ring (bicyclic) bond motifs is 2. The fraction of sp³-hybridized carbons (Fsp3) is 0.579. The summed E-state index contributed by atoms with van der Waals surface area (Å²) in [5, 5.41) is 11.0. The average Bonchev–Trinajstić information content (AvgIpc) is 2.90. The first-order valence-electron chi connectivity index (χ1n) is 8.78. The van der Waals surface area contributed by atoms with Crippen molar-refractivity contribution in [2.45, 2.75) is 69.7 Å². The molecule has 1 aromatic heterocycles. The van der Waals surface area contributed by atoms with Gasteiger partial charge in [0, 0.05) is 5.69 Å². The molecule has 4 nitrogen and oxygen atoms in total. The Balaban J connectivity index is 1.95. The maximum atomic E-state index is 12.8. The van der Waals surface area contributed by atoms with Crippen LogP contribution in [0.4, 0.5) is 0 Å². The van der Waals surface area contributed by atoms with Crippen molar-refractivity contribution < 1.29 is 14.7 Å². The summed E-state index contributed by atoms with van der Waals surface area (Å²) in [4.78, 5) is 24.8. The number of allylic oxidation sites excluding steroid dienone is 2. The van der Waals surface area contributed by atoms with Gasteiger partial charge in [-0.25, -0.2) is 0 Å². The fourth-order valence-corrected chi connectivity index (χ4v) is 4.63. The molecule has 0 amide bonds. The summed E-state index contributed by atoms with van der Waals surface area (Å²) in [5.41, 5.74) is 1.21. The Bertz CT molecular complexity index is 715. The summed E-state index contributed by atoms with van der Waals surface area (Å²) in [6.45, 7) is 1.38. The van der Waals surface area contributed by atoms with Crippen molar-refractivity contribution in [1.29, 1.82) is 0 Å². The van der Waals surface area contributed by atoms with Crippen molar-refractivity contribution in [1.82, 2.24) is 4.57 Å². The molecular weight excluding hydrogens is 290 g/mol. The van der Waals surface area contributed by atoms with Gasteiger partial charge in [-0.3, -0.25) is 9.59 Å². The van der Waals surface area contributed by atoms with E-state index in [0.717, 1.165) is 44.9 Å². The van der Waals surface area contributed by atoms with Crippen molar-refractivity contribution in [2.75, 3.05) is 0 Å². The summed E-state index contributed by atoms with van der Waals surface area (Å²) < 4.78 is 2.11. The lowest BCUT2D eigenvalue weighted by Gasteiger charge is -2.45. The first kappa shape index (κ1) is 14.7. The van der Waals surface area contributed by atoms with Gasteiger partial charge >= 0.3 is 0 Å². The zero-order valence-electron chi connectivity index (χ0n) is 13.6. The third kappa shape index (κ3) is 1.90. The molecule has 2 aliphatic carbocycles. The van der Waals surface area contributed by atoms with Gasteiger partial charge in [0.25, 0.3) is 0 Å². The highest BCUT2D eigenvalue weighted by Gasteiger charge is 2.49. The molecule has 4 heteroatoms. The van der Waals surface area contributed by atoms with E-state index < -0.39 is 5.54 Å². The molecule has 0 saturated heterocycles. The van der Waals surface area contributed by atoms with Crippen LogP contribution in [0, 0.1) is 0 Å². The van der Waals surface area contributed by atoms with Gasteiger partial charge in [0.2, 0.25) is 5.78 Å². The predicted molar refractivity (Wildman–Crippen MR) is 86.7 cm³/mol. The van der Waals surface area contributed by atoms with Crippen LogP contribution in [0.2, 0.25) is 0 Å². The number of hydrogen-bond donors (Lipinski definition) is 1. The lowest BCUT2D eigenvalue weighted by Crippen LogP contribution is -2.46. The van der Waals surface area contributed by atoms with Crippen molar-refractivity contribution in [3.63, 3.8) is 0 Å². The topological polar surface area (TPSA) is 59.3 Å². The molecule has 23 heavy (non-hydrogen) atoms. The Morgan fingerprint density at radius 3 is 2.43 bits per heavy atom. The van der Waals surface area contributed by atoms with Crippen LogP contribution in [0.5, 0.6) is 0 Å². The van der Waals surface area contributed by atoms with Gasteiger partial charge in [-0.05, 0) is 50.7 Å². The zero-order chi connectivity index (χ0) is 16.2. The molecule has 4 rings (SSSR count). The molecule has 0 unspecified atom stereocenters. The standard InChI is InChI=1S/C19H23NO3/c1-12(21)16-17(22)15-9-8-14(13-6-5-7-13)20(15)19(18(16)23)10-3-2-4-11-19/h8-9,13,23H,2-7,10-11H2,1H3. The number of carbonyl (C=O) groups is 2. The molecule has 0 atom stereocenters. The number of Topliss-reactive ketones (excluding diaryl/α,β-unsaturated/α-hetero) is 2. The minimum Gasteiger partial charge on any atom is -0.509 e. The van der Waals surface area contributed by atoms with E-state index in [1.54, 1.807) is 0 Å². The molecule has 2 fully saturated rings. The smallest absolute Gasteiger partial charge is 0.216 e. The third-order valence-corrected chi connectivity index (χ3v) is 6.03. The molecule has 1 spiro atoms. The summed E-state index contributed by atoms with van der Waals surface area (Å²) in [6.07, 6.45) is 8.33. The second kappa shape index (κ2) is 5.08. The molecule has 0 radical (unpaired) electrons. The molecular formula is C19H23NO3. The molecule has 0 aromatic carbocycles. The number of ketones is 2. The van der Waals surface area contributed by atoms with Crippen LogP contribution in [0.3, 0.4) is 0 Å². The Kier molecular flexibility index (Phi) is 3.26. The van der Waals surface area contributed by atoms with Crippen LogP contribution >= 0.6 is 0 Å². The largest absolute Gasteiger partial charge is 0.509 e. The van der Waals surface area contributed by atoms with E-state index in [4.69, 9.17) is 0 Å². The average molecular weight is 313 g/mol. The molecule has 0 bridgehead atoms. The summed E-state index contributed by atoms with van der Waals surface area (Å²) in [7, 11) is 0. The highest BCUT2D eigenvalue weighted by atomic mass is 16.3. The Labute approximate surface area is 136 Å². The van der Waals surface area contributed by atoms with Gasteiger partial charge in [0.15, 0.2) is 5.78 Å². The van der Waals surface area contributed by atoms with Gasteiger partial charge in [0.1, 0.15) is 16.9 Å². The highest BCUT2D eigenvalue weighted by molar-refractivity contribution is 6.26. The van der Waals surface area contributed by atoms with E-state index >= 15 is 0 Å². The molecule has 2 heterocycles. The van der Waals surface area contributed by atoms with Crippen LogP contribution in [0.25, 0.3) is 0 Å². The Morgan fingerprint density at radius 1 is 1.17 bits per heavy atom. The number of carbonyl (C=O) groups excluding carboxylic acids is 2. The van der Waals surface area contributed by atoms with E-state index in [0.29, 0.717) is 11.6 Å². The molecule has 1 aliphatic heterocycles. The maximum absolute atomic E-state index is 12.8. The first-order valence-corrected chi connectivity index (χ1v) is 8.78. The van der Waals surface area contributed by atoms with E-state index in [1.165, 1.54) is 19.0 Å². The van der Waals surface area contributed by atoms with Gasteiger partial charge in [0.05, 0.1) is 5.69 Å². The number of hydrogen-bond acceptors (Lipinski definition) is 3. The van der Waals surface area contributed by atoms with Crippen LogP contribution in [0.1, 0.15) is 80.4 Å². The van der Waals surface area contributed by atoms with Gasteiger partial charge in [-0.1, -0.05) is 25.7 Å². The SMILES string of the molecule is CC(=O)C1=C(O)C2(CCCCC2)n2c(ccc2C2CCC2)C1=O. The van der Waals surface area contributed by atoms with Gasteiger partial charge in [-0.2, -0.15) is 0 Å². The zero-order valence-corrected chi connectivity index (χ0v) is 13.6. The minimum atomic E-state index is -0.572. The highest BCUT2D eigenvalue weighted by Crippen LogP contribution is 2.49. The van der Waals surface area contributed by atoms with Crippen molar-refractivity contribution in [3.05, 3.63) is 34.9 Å². The van der Waals surface area contributed by atoms with Crippen LogP contribution < -0.4 is 0 Å². The van der Waals surface area contributed by atoms with E-state index in [1.807, 2.05) is 12.1 Å². The molecule has 1 aromatic rings. The number of aliphatic hydroxyl groups excluding tert-OH is 1. The molecule has 122 valence electrons. The van der Waals surface area contributed by atoms with Gasteiger partial charge in [-0.15, -0.1) is 0 Å². The maximum Gasteiger partial charge on any atom is 0.216 e. The normalized spacial score (nSPS) is 23.8. The second-order valence-electron chi connectivity index (χ2n) is 7.31. The Hall–Kier alpha value is -1.84. The van der Waals surface area contributed by atoms with E-state index in [2.05, 4.69) is 4.57 Å². The first-order chi connectivity index (χ1) is 11.1. The van der Waals surface area contributed by atoms with E-state index in [-0.39, 0.29) is 22.9 Å². The van der Waals surface area contributed by atoms with Crippen LogP contribution in [-0.2, 0) is 10.3 Å². The number of nitrogens with zero attached hydrogens (tertiary/aromatic N) is 1. The lowest BCUT2D eigenvalue weighted by molar-refractivity contribution is -0.113. The minimum absolute atomic E-state index is 0.0117. The predicted octanol–water partition coefficient (Wildman–Crippen LogP) is 4.01. The van der Waals surface area contributed by atoms with Crippen molar-refractivity contribution >= 4 is 11.6 Å². The fourth-order valence-electron chi connectivity index (χ4n) is 4.63.